The van der Waals surface area contributed by atoms with Gasteiger partial charge in [0.1, 0.15) is 12.4 Å². The van der Waals surface area contributed by atoms with E-state index < -0.39 is 11.5 Å². The molecule has 10 heteroatoms. The first-order valence-electron chi connectivity index (χ1n) is 9.25. The van der Waals surface area contributed by atoms with Gasteiger partial charge >= 0.3 is 0 Å². The zero-order valence-corrected chi connectivity index (χ0v) is 18.3. The highest BCUT2D eigenvalue weighted by atomic mass is 35.5. The summed E-state index contributed by atoms with van der Waals surface area (Å²) in [5.41, 5.74) is 1.05. The van der Waals surface area contributed by atoms with Crippen molar-refractivity contribution in [1.29, 1.82) is 10.5 Å². The third-order valence-corrected chi connectivity index (χ3v) is 5.30. The van der Waals surface area contributed by atoms with Crippen molar-refractivity contribution in [3.05, 3.63) is 70.4 Å². The number of hydrogen-bond acceptors (Lipinski definition) is 6. The molecule has 1 aliphatic rings. The third kappa shape index (κ3) is 4.38. The van der Waals surface area contributed by atoms with E-state index >= 15 is 0 Å². The first kappa shape index (κ1) is 22.3. The summed E-state index contributed by atoms with van der Waals surface area (Å²) >= 11 is 6.20. The number of benzene rings is 1. The molecule has 1 atom stereocenters. The molecule has 1 aliphatic carbocycles. The lowest BCUT2D eigenvalue weighted by atomic mass is 9.95. The van der Waals surface area contributed by atoms with Crippen LogP contribution >= 0.6 is 25.1 Å². The van der Waals surface area contributed by atoms with Gasteiger partial charge in [0.25, 0.3) is 5.91 Å². The van der Waals surface area contributed by atoms with Crippen LogP contribution in [0.1, 0.15) is 53.1 Å². The van der Waals surface area contributed by atoms with Crippen LogP contribution in [0, 0.1) is 22.7 Å². The maximum absolute atomic E-state index is 12.9. The van der Waals surface area contributed by atoms with Gasteiger partial charge in [0.15, 0.2) is 11.6 Å². The first-order valence-corrected chi connectivity index (χ1v) is 9.63. The number of nitrogens with one attached hydrogen (secondary N) is 1. The van der Waals surface area contributed by atoms with Gasteiger partial charge in [0, 0.05) is 16.8 Å². The predicted octanol–water partition coefficient (Wildman–Crippen LogP) is 3.35. The summed E-state index contributed by atoms with van der Waals surface area (Å²) in [6.45, 7) is 1.78. The Morgan fingerprint density at radius 1 is 1.26 bits per heavy atom. The van der Waals surface area contributed by atoms with Crippen LogP contribution in [0.5, 0.6) is 0 Å². The molecule has 0 bridgehead atoms. The largest absolute Gasteiger partial charge is 0.342 e. The summed E-state index contributed by atoms with van der Waals surface area (Å²) in [6.07, 6.45) is 4.35. The molecule has 1 N–H and O–H groups in total. The van der Waals surface area contributed by atoms with Gasteiger partial charge < -0.3 is 5.32 Å². The van der Waals surface area contributed by atoms with Crippen molar-refractivity contribution < 1.29 is 4.79 Å². The number of hydrogen-bond donors (Lipinski definition) is 1. The summed E-state index contributed by atoms with van der Waals surface area (Å²) in [5, 5.41) is 25.8. The fourth-order valence-corrected chi connectivity index (χ4v) is 3.47. The highest BCUT2D eigenvalue weighted by molar-refractivity contribution is 7.59. The van der Waals surface area contributed by atoms with Gasteiger partial charge in [-0.1, -0.05) is 11.6 Å². The van der Waals surface area contributed by atoms with E-state index in [4.69, 9.17) is 16.9 Å². The number of aromatic nitrogens is 4. The number of rotatable bonds is 5. The Kier molecular flexibility index (Phi) is 6.30. The summed E-state index contributed by atoms with van der Waals surface area (Å²) in [6, 6.07) is 12.2. The van der Waals surface area contributed by atoms with Crippen LogP contribution in [0.4, 0.5) is 0 Å². The van der Waals surface area contributed by atoms with Crippen molar-refractivity contribution in [3.63, 3.8) is 0 Å². The van der Waals surface area contributed by atoms with E-state index in [9.17, 15) is 10.1 Å². The van der Waals surface area contributed by atoms with Gasteiger partial charge in [0.05, 0.1) is 23.1 Å². The molecule has 0 saturated heterocycles. The molecule has 2 heterocycles. The molecule has 31 heavy (non-hydrogen) atoms. The Morgan fingerprint density at radius 3 is 2.65 bits per heavy atom. The van der Waals surface area contributed by atoms with Gasteiger partial charge in [-0.2, -0.15) is 33.8 Å². The molecular formula is C21H18ClN7OS. The first-order chi connectivity index (χ1) is 14.5. The average molecular weight is 452 g/mol. The molecule has 4 rings (SSSR count). The lowest BCUT2D eigenvalue weighted by Crippen LogP contribution is -2.29. The van der Waals surface area contributed by atoms with E-state index in [0.717, 1.165) is 18.4 Å². The molecule has 1 amide bonds. The molecule has 1 aromatic carbocycles. The average Bonchev–Trinajstić information content (AvgIpc) is 3.41. The number of amides is 1. The number of carbonyl (C=O) groups is 1. The van der Waals surface area contributed by atoms with E-state index in [-0.39, 0.29) is 19.4 Å². The third-order valence-electron chi connectivity index (χ3n) is 5.08. The lowest BCUT2D eigenvalue weighted by Gasteiger charge is -2.15. The number of halogens is 1. The Labute approximate surface area is 190 Å². The van der Waals surface area contributed by atoms with Crippen molar-refractivity contribution in [2.45, 2.75) is 31.2 Å². The zero-order valence-electron chi connectivity index (χ0n) is 16.5. The van der Waals surface area contributed by atoms with Crippen LogP contribution in [0.3, 0.4) is 0 Å². The van der Waals surface area contributed by atoms with Gasteiger partial charge in [-0.15, -0.1) is 0 Å². The number of carbonyl (C=O) groups excluding carboxylic acids is 1. The second-order valence-electron chi connectivity index (χ2n) is 7.16. The Morgan fingerprint density at radius 2 is 2.03 bits per heavy atom. The molecule has 8 nitrogen and oxygen atoms in total. The molecule has 1 fully saturated rings. The second-order valence-corrected chi connectivity index (χ2v) is 7.60. The molecular weight excluding hydrogens is 434 g/mol. The highest BCUT2D eigenvalue weighted by Gasteiger charge is 2.45. The molecule has 2 aromatic heterocycles. The fourth-order valence-electron chi connectivity index (χ4n) is 3.23. The van der Waals surface area contributed by atoms with Crippen LogP contribution in [-0.2, 0) is 5.41 Å². The van der Waals surface area contributed by atoms with Gasteiger partial charge in [-0.25, -0.2) is 9.97 Å². The Balaban J connectivity index is 0.00000272. The van der Waals surface area contributed by atoms with Crippen LogP contribution in [0.15, 0.2) is 42.9 Å². The molecule has 1 saturated carbocycles. The quantitative estimate of drug-likeness (QED) is 0.635. The van der Waals surface area contributed by atoms with Crippen molar-refractivity contribution >= 4 is 31.0 Å². The van der Waals surface area contributed by atoms with Crippen molar-refractivity contribution in [1.82, 2.24) is 25.1 Å². The maximum atomic E-state index is 12.9. The SMILES string of the molecule is C[C@@H](NC(=O)c1cc(Cl)cc(C2(C#N)CC2)c1)c1ncnn1-c1ccc(C#N)cn1.S. The molecule has 0 unspecified atom stereocenters. The Bertz CT molecular complexity index is 1210. The van der Waals surface area contributed by atoms with E-state index in [1.54, 1.807) is 37.3 Å². The number of nitriles is 2. The minimum absolute atomic E-state index is 0. The number of pyridine rings is 1. The summed E-state index contributed by atoms with van der Waals surface area (Å²) in [7, 11) is 0. The topological polar surface area (TPSA) is 120 Å². The molecule has 0 radical (unpaired) electrons. The predicted molar refractivity (Wildman–Crippen MR) is 118 cm³/mol. The van der Waals surface area contributed by atoms with Crippen molar-refractivity contribution in [2.24, 2.45) is 0 Å². The summed E-state index contributed by atoms with van der Waals surface area (Å²) in [5.74, 6) is 0.637. The second kappa shape index (κ2) is 8.76. The minimum Gasteiger partial charge on any atom is -0.342 e. The standard InChI is InChI=1S/C21H16ClN7O.H2S/c1-13(19-26-12-27-29(19)18-3-2-14(9-23)10-25-18)28-20(30)15-6-16(8-17(22)7-15)21(11-24)4-5-21;/h2-3,6-8,10,12-13H,4-5H2,1H3,(H,28,30);1H2/t13-;/m1./s1. The molecule has 156 valence electrons. The van der Waals surface area contributed by atoms with E-state index in [0.29, 0.717) is 27.8 Å². The van der Waals surface area contributed by atoms with Crippen LogP contribution in [0.25, 0.3) is 5.82 Å². The monoisotopic (exact) mass is 451 g/mol. The summed E-state index contributed by atoms with van der Waals surface area (Å²) < 4.78 is 1.50. The maximum Gasteiger partial charge on any atom is 0.251 e. The normalized spacial score (nSPS) is 14.5. The van der Waals surface area contributed by atoms with Gasteiger partial charge in [-0.3, -0.25) is 4.79 Å². The van der Waals surface area contributed by atoms with Crippen LogP contribution in [-0.4, -0.2) is 25.7 Å². The van der Waals surface area contributed by atoms with Crippen molar-refractivity contribution in [2.75, 3.05) is 0 Å². The van der Waals surface area contributed by atoms with Gasteiger partial charge in [0.2, 0.25) is 0 Å². The fraction of sp³-hybridized carbons (Fsp3) is 0.238. The Hall–Kier alpha value is -3.40. The van der Waals surface area contributed by atoms with E-state index in [2.05, 4.69) is 26.5 Å². The van der Waals surface area contributed by atoms with Crippen molar-refractivity contribution in [3.8, 4) is 18.0 Å². The van der Waals surface area contributed by atoms with Crippen LogP contribution in [0.2, 0.25) is 5.02 Å². The highest BCUT2D eigenvalue weighted by Crippen LogP contribution is 2.48. The molecule has 0 spiro atoms. The minimum atomic E-state index is -0.535. The van der Waals surface area contributed by atoms with Gasteiger partial charge in [-0.05, 0) is 55.7 Å². The number of nitrogens with zero attached hydrogens (tertiary/aromatic N) is 6. The molecule has 3 aromatic rings. The van der Waals surface area contributed by atoms with Crippen LogP contribution < -0.4 is 5.32 Å². The lowest BCUT2D eigenvalue weighted by molar-refractivity contribution is 0.0937. The smallest absolute Gasteiger partial charge is 0.251 e. The molecule has 0 aliphatic heterocycles. The van der Waals surface area contributed by atoms with E-state index in [1.807, 2.05) is 6.07 Å². The zero-order chi connectivity index (χ0) is 21.3. The van der Waals surface area contributed by atoms with E-state index in [1.165, 1.54) is 17.2 Å². The summed E-state index contributed by atoms with van der Waals surface area (Å²) in [4.78, 5) is 21.3.